The largest absolute Gasteiger partial charge is 0.493 e. The van der Waals surface area contributed by atoms with E-state index in [9.17, 15) is 4.79 Å². The molecular formula is C23H29N3O3. The van der Waals surface area contributed by atoms with Crippen LogP contribution in [-0.2, 0) is 0 Å². The molecule has 0 aromatic heterocycles. The molecule has 2 fully saturated rings. The van der Waals surface area contributed by atoms with Crippen LogP contribution in [0.1, 0.15) is 12.8 Å². The van der Waals surface area contributed by atoms with Gasteiger partial charge in [-0.2, -0.15) is 0 Å². The van der Waals surface area contributed by atoms with Crippen LogP contribution in [-0.4, -0.2) is 57.9 Å². The van der Waals surface area contributed by atoms with Gasteiger partial charge in [0.25, 0.3) is 0 Å². The number of carbonyl (C=O) groups excluding carboxylic acids is 1. The Morgan fingerprint density at radius 2 is 1.38 bits per heavy atom. The van der Waals surface area contributed by atoms with Crippen LogP contribution < -0.4 is 19.3 Å². The maximum atomic E-state index is 12.9. The molecule has 0 bridgehead atoms. The topological polar surface area (TPSA) is 45.2 Å². The highest BCUT2D eigenvalue weighted by atomic mass is 16.5. The Morgan fingerprint density at radius 3 is 1.86 bits per heavy atom. The Labute approximate surface area is 172 Å². The van der Waals surface area contributed by atoms with Crippen LogP contribution in [0.3, 0.4) is 0 Å². The second-order valence-corrected chi connectivity index (χ2v) is 7.98. The molecular weight excluding hydrogens is 366 g/mol. The molecule has 0 spiro atoms. The molecule has 0 unspecified atom stereocenters. The third-order valence-electron chi connectivity index (χ3n) is 5.30. The molecule has 2 aromatic carbocycles. The minimum absolute atomic E-state index is 0.00192. The van der Waals surface area contributed by atoms with Crippen LogP contribution in [0.4, 0.5) is 16.2 Å². The number of urea groups is 1. The Bertz CT molecular complexity index is 816. The number of ether oxygens (including phenoxy) is 2. The SMILES string of the molecule is CN(C)CCOc1ccc(N2CCN(c3ccc(OCC4CC4)cc3)C2=O)cc1. The van der Waals surface area contributed by atoms with Gasteiger partial charge in [-0.05, 0) is 81.4 Å². The van der Waals surface area contributed by atoms with Crippen LogP contribution >= 0.6 is 0 Å². The molecule has 2 aromatic rings. The van der Waals surface area contributed by atoms with E-state index in [4.69, 9.17) is 9.47 Å². The number of nitrogens with zero attached hydrogens (tertiary/aromatic N) is 3. The number of amides is 2. The smallest absolute Gasteiger partial charge is 0.329 e. The molecule has 0 N–H and O–H groups in total. The molecule has 29 heavy (non-hydrogen) atoms. The molecule has 1 aliphatic carbocycles. The van der Waals surface area contributed by atoms with E-state index in [-0.39, 0.29) is 6.03 Å². The summed E-state index contributed by atoms with van der Waals surface area (Å²) in [5.41, 5.74) is 1.79. The van der Waals surface area contributed by atoms with Gasteiger partial charge in [-0.3, -0.25) is 9.80 Å². The zero-order valence-electron chi connectivity index (χ0n) is 17.2. The molecule has 2 amide bonds. The first-order valence-electron chi connectivity index (χ1n) is 10.3. The monoisotopic (exact) mass is 395 g/mol. The number of hydrogen-bond acceptors (Lipinski definition) is 4. The summed E-state index contributed by atoms with van der Waals surface area (Å²) in [6.45, 7) is 3.64. The van der Waals surface area contributed by atoms with Gasteiger partial charge in [0.1, 0.15) is 18.1 Å². The Kier molecular flexibility index (Phi) is 5.90. The number of rotatable bonds is 9. The van der Waals surface area contributed by atoms with Crippen molar-refractivity contribution in [1.82, 2.24) is 4.90 Å². The third kappa shape index (κ3) is 5.01. The summed E-state index contributed by atoms with van der Waals surface area (Å²) in [6, 6.07) is 15.6. The maximum Gasteiger partial charge on any atom is 0.329 e. The number of carbonyl (C=O) groups is 1. The molecule has 154 valence electrons. The van der Waals surface area contributed by atoms with Crippen molar-refractivity contribution in [2.24, 2.45) is 5.92 Å². The van der Waals surface area contributed by atoms with Crippen molar-refractivity contribution < 1.29 is 14.3 Å². The zero-order chi connectivity index (χ0) is 20.2. The van der Waals surface area contributed by atoms with Crippen LogP contribution in [0.2, 0.25) is 0 Å². The highest BCUT2D eigenvalue weighted by molar-refractivity contribution is 6.06. The molecule has 1 saturated carbocycles. The first kappa shape index (κ1) is 19.6. The molecule has 1 heterocycles. The Hall–Kier alpha value is -2.73. The fraction of sp³-hybridized carbons (Fsp3) is 0.435. The van der Waals surface area contributed by atoms with Crippen LogP contribution in [0.5, 0.6) is 11.5 Å². The minimum atomic E-state index is -0.00192. The van der Waals surface area contributed by atoms with Crippen molar-refractivity contribution in [1.29, 1.82) is 0 Å². The van der Waals surface area contributed by atoms with Crippen molar-refractivity contribution in [3.63, 3.8) is 0 Å². The molecule has 4 rings (SSSR count). The number of benzene rings is 2. The summed E-state index contributed by atoms with van der Waals surface area (Å²) in [6.07, 6.45) is 2.55. The fourth-order valence-electron chi connectivity index (χ4n) is 3.31. The third-order valence-corrected chi connectivity index (χ3v) is 5.30. The summed E-state index contributed by atoms with van der Waals surface area (Å²) < 4.78 is 11.5. The van der Waals surface area contributed by atoms with Crippen LogP contribution in [0, 0.1) is 5.92 Å². The second-order valence-electron chi connectivity index (χ2n) is 7.98. The van der Waals surface area contributed by atoms with Gasteiger partial charge in [0.2, 0.25) is 0 Å². The van der Waals surface area contributed by atoms with Crippen molar-refractivity contribution >= 4 is 17.4 Å². The summed E-state index contributed by atoms with van der Waals surface area (Å²) >= 11 is 0. The molecule has 1 aliphatic heterocycles. The predicted octanol–water partition coefficient (Wildman–Crippen LogP) is 3.86. The molecule has 0 radical (unpaired) electrons. The summed E-state index contributed by atoms with van der Waals surface area (Å²) in [7, 11) is 4.04. The molecule has 0 atom stereocenters. The lowest BCUT2D eigenvalue weighted by Crippen LogP contribution is -2.31. The lowest BCUT2D eigenvalue weighted by atomic mass is 10.3. The summed E-state index contributed by atoms with van der Waals surface area (Å²) in [4.78, 5) is 18.6. The van der Waals surface area contributed by atoms with Crippen molar-refractivity contribution in [2.45, 2.75) is 12.8 Å². The predicted molar refractivity (Wildman–Crippen MR) is 115 cm³/mol. The lowest BCUT2D eigenvalue weighted by molar-refractivity contribution is 0.255. The lowest BCUT2D eigenvalue weighted by Gasteiger charge is -2.19. The van der Waals surface area contributed by atoms with Gasteiger partial charge in [0, 0.05) is 31.0 Å². The fourth-order valence-corrected chi connectivity index (χ4v) is 3.31. The highest BCUT2D eigenvalue weighted by Gasteiger charge is 2.30. The van der Waals surface area contributed by atoms with E-state index in [1.165, 1.54) is 12.8 Å². The van der Waals surface area contributed by atoms with E-state index in [1.807, 2.05) is 67.5 Å². The molecule has 1 saturated heterocycles. The van der Waals surface area contributed by atoms with Crippen molar-refractivity contribution in [2.75, 3.05) is 56.7 Å². The van der Waals surface area contributed by atoms with E-state index >= 15 is 0 Å². The number of hydrogen-bond donors (Lipinski definition) is 0. The number of likely N-dealkylation sites (N-methyl/N-ethyl adjacent to an activating group) is 1. The zero-order valence-corrected chi connectivity index (χ0v) is 17.2. The summed E-state index contributed by atoms with van der Waals surface area (Å²) in [5, 5.41) is 0. The van der Waals surface area contributed by atoms with Gasteiger partial charge in [-0.1, -0.05) is 0 Å². The van der Waals surface area contributed by atoms with E-state index in [0.717, 1.165) is 41.9 Å². The van der Waals surface area contributed by atoms with E-state index in [0.29, 0.717) is 19.7 Å². The molecule has 2 aliphatic rings. The van der Waals surface area contributed by atoms with Gasteiger partial charge in [-0.25, -0.2) is 4.79 Å². The number of anilines is 2. The Balaban J connectivity index is 1.34. The average Bonchev–Trinajstić information content (AvgIpc) is 3.48. The van der Waals surface area contributed by atoms with E-state index < -0.39 is 0 Å². The van der Waals surface area contributed by atoms with Gasteiger partial charge < -0.3 is 14.4 Å². The van der Waals surface area contributed by atoms with Gasteiger partial charge in [-0.15, -0.1) is 0 Å². The van der Waals surface area contributed by atoms with E-state index in [2.05, 4.69) is 4.90 Å². The van der Waals surface area contributed by atoms with E-state index in [1.54, 1.807) is 4.90 Å². The second kappa shape index (κ2) is 8.74. The van der Waals surface area contributed by atoms with Crippen molar-refractivity contribution in [3.8, 4) is 11.5 Å². The Morgan fingerprint density at radius 1 is 0.862 bits per heavy atom. The normalized spacial score (nSPS) is 16.6. The van der Waals surface area contributed by atoms with Gasteiger partial charge in [0.05, 0.1) is 6.61 Å². The first-order valence-corrected chi connectivity index (χ1v) is 10.3. The quantitative estimate of drug-likeness (QED) is 0.647. The van der Waals surface area contributed by atoms with Gasteiger partial charge in [0.15, 0.2) is 0 Å². The van der Waals surface area contributed by atoms with Gasteiger partial charge >= 0.3 is 6.03 Å². The summed E-state index contributed by atoms with van der Waals surface area (Å²) in [5.74, 6) is 2.42. The maximum absolute atomic E-state index is 12.9. The van der Waals surface area contributed by atoms with Crippen LogP contribution in [0.15, 0.2) is 48.5 Å². The van der Waals surface area contributed by atoms with Crippen LogP contribution in [0.25, 0.3) is 0 Å². The standard InChI is InChI=1S/C23H29N3O3/c1-24(2)15-16-28-21-9-5-19(6-10-21)25-13-14-26(23(25)27)20-7-11-22(12-8-20)29-17-18-3-4-18/h5-12,18H,3-4,13-17H2,1-2H3. The minimum Gasteiger partial charge on any atom is -0.493 e. The first-order chi connectivity index (χ1) is 14.1. The molecule has 6 nitrogen and oxygen atoms in total. The molecule has 6 heteroatoms. The van der Waals surface area contributed by atoms with Crippen molar-refractivity contribution in [3.05, 3.63) is 48.5 Å². The average molecular weight is 396 g/mol. The highest BCUT2D eigenvalue weighted by Crippen LogP contribution is 2.31.